The summed E-state index contributed by atoms with van der Waals surface area (Å²) in [5.74, 6) is -1.83. The molecule has 0 aromatic rings. The molecular formula is C11H21N3O5. The van der Waals surface area contributed by atoms with Crippen molar-refractivity contribution in [1.29, 1.82) is 0 Å². The number of hydrogen-bond donors (Lipinski definition) is 4. The third-order valence-electron chi connectivity index (χ3n) is 2.57. The summed E-state index contributed by atoms with van der Waals surface area (Å²) >= 11 is 0. The van der Waals surface area contributed by atoms with Gasteiger partial charge in [-0.25, -0.2) is 9.59 Å². The Labute approximate surface area is 111 Å². The van der Waals surface area contributed by atoms with Crippen molar-refractivity contribution in [2.24, 2.45) is 5.92 Å². The zero-order chi connectivity index (χ0) is 15.0. The van der Waals surface area contributed by atoms with Gasteiger partial charge in [0, 0.05) is 33.6 Å². The molecule has 0 radical (unpaired) electrons. The summed E-state index contributed by atoms with van der Waals surface area (Å²) in [7, 11) is 3.05. The van der Waals surface area contributed by atoms with Gasteiger partial charge in [-0.05, 0) is 0 Å². The van der Waals surface area contributed by atoms with Crippen LogP contribution in [0.1, 0.15) is 13.3 Å². The lowest BCUT2D eigenvalue weighted by atomic mass is 10.1. The first kappa shape index (κ1) is 17.2. The second kappa shape index (κ2) is 8.30. The average Bonchev–Trinajstić information content (AvgIpc) is 2.36. The summed E-state index contributed by atoms with van der Waals surface area (Å²) in [5, 5.41) is 22.4. The fourth-order valence-corrected chi connectivity index (χ4v) is 1.40. The summed E-state index contributed by atoms with van der Waals surface area (Å²) in [5.41, 5.74) is 0. The van der Waals surface area contributed by atoms with Crippen LogP contribution in [0.2, 0.25) is 0 Å². The smallest absolute Gasteiger partial charge is 0.332 e. The molecule has 0 aliphatic rings. The third-order valence-corrected chi connectivity index (χ3v) is 2.57. The minimum absolute atomic E-state index is 0.0466. The SMILES string of the molecule is CNC(=O)C(C)CN(C)C(=O)NCCC(O)C(=O)O. The molecule has 8 nitrogen and oxygen atoms in total. The van der Waals surface area contributed by atoms with E-state index >= 15 is 0 Å². The van der Waals surface area contributed by atoms with Crippen LogP contribution in [0.5, 0.6) is 0 Å². The number of urea groups is 1. The Morgan fingerprint density at radius 1 is 1.32 bits per heavy atom. The van der Waals surface area contributed by atoms with E-state index in [1.54, 1.807) is 6.92 Å². The predicted octanol–water partition coefficient (Wildman–Crippen LogP) is -1.15. The van der Waals surface area contributed by atoms with Crippen molar-refractivity contribution in [3.05, 3.63) is 0 Å². The fourth-order valence-electron chi connectivity index (χ4n) is 1.40. The lowest BCUT2D eigenvalue weighted by molar-refractivity contribution is -0.146. The number of amides is 3. The van der Waals surface area contributed by atoms with Gasteiger partial charge in [-0.3, -0.25) is 4.79 Å². The highest BCUT2D eigenvalue weighted by molar-refractivity contribution is 5.79. The Balaban J connectivity index is 4.01. The standard InChI is InChI=1S/C11H21N3O5/c1-7(9(16)12-2)6-14(3)11(19)13-5-4-8(15)10(17)18/h7-8,15H,4-6H2,1-3H3,(H,12,16)(H,13,19)(H,17,18). The number of hydrogen-bond acceptors (Lipinski definition) is 4. The molecule has 0 saturated heterocycles. The van der Waals surface area contributed by atoms with Crippen molar-refractivity contribution in [2.75, 3.05) is 27.2 Å². The molecule has 0 bridgehead atoms. The van der Waals surface area contributed by atoms with Gasteiger partial charge in [0.25, 0.3) is 0 Å². The largest absolute Gasteiger partial charge is 0.479 e. The number of carbonyl (C=O) groups excluding carboxylic acids is 2. The molecule has 2 atom stereocenters. The molecule has 4 N–H and O–H groups in total. The first-order chi connectivity index (χ1) is 8.79. The number of nitrogens with one attached hydrogen (secondary N) is 2. The van der Waals surface area contributed by atoms with Crippen LogP contribution in [0.15, 0.2) is 0 Å². The van der Waals surface area contributed by atoms with Crippen molar-refractivity contribution in [1.82, 2.24) is 15.5 Å². The zero-order valence-corrected chi connectivity index (χ0v) is 11.3. The maximum atomic E-state index is 11.6. The van der Waals surface area contributed by atoms with Crippen molar-refractivity contribution < 1.29 is 24.6 Å². The van der Waals surface area contributed by atoms with Gasteiger partial charge >= 0.3 is 12.0 Å². The molecule has 0 fully saturated rings. The Morgan fingerprint density at radius 3 is 2.37 bits per heavy atom. The molecule has 0 aliphatic heterocycles. The minimum atomic E-state index is -1.49. The Bertz CT molecular complexity index is 334. The Kier molecular flexibility index (Phi) is 7.50. The van der Waals surface area contributed by atoms with Crippen molar-refractivity contribution in [3.8, 4) is 0 Å². The lowest BCUT2D eigenvalue weighted by Gasteiger charge is -2.21. The molecule has 0 rings (SSSR count). The van der Waals surface area contributed by atoms with Crippen molar-refractivity contribution >= 4 is 17.9 Å². The third kappa shape index (κ3) is 6.61. The van der Waals surface area contributed by atoms with Crippen LogP contribution in [-0.4, -0.2) is 66.3 Å². The number of carboxylic acids is 1. The summed E-state index contributed by atoms with van der Waals surface area (Å²) in [6.07, 6.45) is -1.56. The number of carbonyl (C=O) groups is 3. The lowest BCUT2D eigenvalue weighted by Crippen LogP contribution is -2.43. The molecule has 19 heavy (non-hydrogen) atoms. The number of aliphatic carboxylic acids is 1. The summed E-state index contributed by atoms with van der Waals surface area (Å²) in [4.78, 5) is 34.5. The predicted molar refractivity (Wildman–Crippen MR) is 67.5 cm³/mol. The molecule has 0 aliphatic carbocycles. The van der Waals surface area contributed by atoms with Crippen LogP contribution < -0.4 is 10.6 Å². The normalized spacial score (nSPS) is 13.3. The highest BCUT2D eigenvalue weighted by Gasteiger charge is 2.18. The molecule has 3 amide bonds. The van der Waals surface area contributed by atoms with E-state index < -0.39 is 18.1 Å². The van der Waals surface area contributed by atoms with Crippen LogP contribution in [0.3, 0.4) is 0 Å². The summed E-state index contributed by atoms with van der Waals surface area (Å²) in [6, 6.07) is -0.423. The number of aliphatic hydroxyl groups is 1. The fraction of sp³-hybridized carbons (Fsp3) is 0.727. The molecule has 0 spiro atoms. The van der Waals surface area contributed by atoms with Gasteiger partial charge in [-0.2, -0.15) is 0 Å². The van der Waals surface area contributed by atoms with Gasteiger partial charge in [-0.15, -0.1) is 0 Å². The van der Waals surface area contributed by atoms with Crippen LogP contribution in [0, 0.1) is 5.92 Å². The molecule has 0 saturated carbocycles. The molecule has 2 unspecified atom stereocenters. The van der Waals surface area contributed by atoms with Gasteiger partial charge in [0.05, 0.1) is 5.92 Å². The highest BCUT2D eigenvalue weighted by Crippen LogP contribution is 1.98. The second-order valence-electron chi connectivity index (χ2n) is 4.27. The van der Waals surface area contributed by atoms with Crippen molar-refractivity contribution in [2.45, 2.75) is 19.4 Å². The molecule has 0 aromatic heterocycles. The van der Waals surface area contributed by atoms with Gasteiger partial charge in [-0.1, -0.05) is 6.92 Å². The second-order valence-corrected chi connectivity index (χ2v) is 4.27. The minimum Gasteiger partial charge on any atom is -0.479 e. The summed E-state index contributed by atoms with van der Waals surface area (Å²) < 4.78 is 0. The van der Waals surface area contributed by atoms with Crippen molar-refractivity contribution in [3.63, 3.8) is 0 Å². The monoisotopic (exact) mass is 275 g/mol. The molecule has 110 valence electrons. The van der Waals surface area contributed by atoms with E-state index in [2.05, 4.69) is 10.6 Å². The topological polar surface area (TPSA) is 119 Å². The number of carboxylic acid groups (broad SMARTS) is 1. The molecule has 0 aromatic carbocycles. The quantitative estimate of drug-likeness (QED) is 0.467. The molecule has 8 heteroatoms. The number of aliphatic hydroxyl groups excluding tert-OH is 1. The van der Waals surface area contributed by atoms with Crippen LogP contribution in [0.25, 0.3) is 0 Å². The van der Waals surface area contributed by atoms with Gasteiger partial charge < -0.3 is 25.7 Å². The van der Waals surface area contributed by atoms with E-state index in [4.69, 9.17) is 10.2 Å². The van der Waals surface area contributed by atoms with E-state index in [1.807, 2.05) is 0 Å². The van der Waals surface area contributed by atoms with E-state index in [0.717, 1.165) is 0 Å². The maximum absolute atomic E-state index is 11.6. The maximum Gasteiger partial charge on any atom is 0.332 e. The van der Waals surface area contributed by atoms with Gasteiger partial charge in [0.15, 0.2) is 6.10 Å². The van der Waals surface area contributed by atoms with Crippen LogP contribution in [-0.2, 0) is 9.59 Å². The van der Waals surface area contributed by atoms with Gasteiger partial charge in [0.2, 0.25) is 5.91 Å². The van der Waals surface area contributed by atoms with Crippen LogP contribution in [0.4, 0.5) is 4.79 Å². The Hall–Kier alpha value is -1.83. The zero-order valence-electron chi connectivity index (χ0n) is 11.3. The summed E-state index contributed by atoms with van der Waals surface area (Å²) in [6.45, 7) is 1.98. The van der Waals surface area contributed by atoms with E-state index in [1.165, 1.54) is 19.0 Å². The molecule has 0 heterocycles. The first-order valence-corrected chi connectivity index (χ1v) is 5.91. The number of rotatable bonds is 7. The van der Waals surface area contributed by atoms with Crippen LogP contribution >= 0.6 is 0 Å². The number of nitrogens with zero attached hydrogens (tertiary/aromatic N) is 1. The Morgan fingerprint density at radius 2 is 1.89 bits per heavy atom. The molecular weight excluding hydrogens is 254 g/mol. The van der Waals surface area contributed by atoms with E-state index in [9.17, 15) is 14.4 Å². The van der Waals surface area contributed by atoms with E-state index in [-0.39, 0.29) is 31.3 Å². The van der Waals surface area contributed by atoms with Gasteiger partial charge in [0.1, 0.15) is 0 Å². The highest BCUT2D eigenvalue weighted by atomic mass is 16.4. The first-order valence-electron chi connectivity index (χ1n) is 5.91. The van der Waals surface area contributed by atoms with E-state index in [0.29, 0.717) is 0 Å². The average molecular weight is 275 g/mol.